The second-order valence-electron chi connectivity index (χ2n) is 5.09. The van der Waals surface area contributed by atoms with Crippen molar-refractivity contribution >= 4 is 13.9 Å². The third kappa shape index (κ3) is 3.08. The van der Waals surface area contributed by atoms with E-state index in [9.17, 15) is 19.9 Å². The predicted octanol–water partition coefficient (Wildman–Crippen LogP) is 2.37. The van der Waals surface area contributed by atoms with Crippen molar-refractivity contribution in [2.45, 2.75) is 20.0 Å². The molecular weight excluding hydrogens is 273 g/mol. The van der Waals surface area contributed by atoms with Crippen molar-refractivity contribution in [1.29, 1.82) is 0 Å². The van der Waals surface area contributed by atoms with Crippen LogP contribution in [-0.2, 0) is 9.05 Å². The van der Waals surface area contributed by atoms with Crippen molar-refractivity contribution < 1.29 is 23.8 Å². The summed E-state index contributed by atoms with van der Waals surface area (Å²) in [5, 5.41) is 10.6. The van der Waals surface area contributed by atoms with Crippen LogP contribution >= 0.6 is 8.17 Å². The Kier molecular flexibility index (Phi) is 3.59. The first kappa shape index (κ1) is 14.3. The third-order valence-corrected chi connectivity index (χ3v) is 3.91. The highest BCUT2D eigenvalue weighted by atomic mass is 31.2. The topological polar surface area (TPSA) is 102 Å². The molecule has 1 atom stereocenters. The molecule has 0 aromatic heterocycles. The van der Waals surface area contributed by atoms with Crippen molar-refractivity contribution in [3.8, 4) is 0 Å². The summed E-state index contributed by atoms with van der Waals surface area (Å²) in [5.41, 5.74) is 0.152. The molecule has 19 heavy (non-hydrogen) atoms. The van der Waals surface area contributed by atoms with Crippen molar-refractivity contribution in [3.05, 3.63) is 39.9 Å². The van der Waals surface area contributed by atoms with Crippen LogP contribution in [0.15, 0.2) is 24.3 Å². The summed E-state index contributed by atoms with van der Waals surface area (Å²) < 4.78 is 10.1. The molecule has 1 heterocycles. The maximum absolute atomic E-state index is 10.6. The fourth-order valence-electron chi connectivity index (χ4n) is 1.92. The maximum Gasteiger partial charge on any atom is 0.570 e. The second-order valence-corrected chi connectivity index (χ2v) is 6.54. The number of hydrogen-bond donors (Lipinski definition) is 2. The van der Waals surface area contributed by atoms with Gasteiger partial charge in [-0.3, -0.25) is 10.1 Å². The minimum Gasteiger partial charge on any atom is -0.258 e. The molecule has 0 spiro atoms. The number of hydrogen-bond acceptors (Lipinski definition) is 6. The fraction of sp³-hybridized carbons (Fsp3) is 0.455. The predicted molar refractivity (Wildman–Crippen MR) is 68.0 cm³/mol. The molecule has 1 unspecified atom stereocenters. The highest BCUT2D eigenvalue weighted by Crippen LogP contribution is 2.63. The van der Waals surface area contributed by atoms with E-state index < -0.39 is 24.6 Å². The van der Waals surface area contributed by atoms with Gasteiger partial charge in [-0.15, -0.1) is 4.52 Å². The van der Waals surface area contributed by atoms with Gasteiger partial charge in [0.2, 0.25) is 0 Å². The van der Waals surface area contributed by atoms with Gasteiger partial charge in [-0.05, 0) is 17.7 Å². The Hall–Kier alpha value is -1.11. The summed E-state index contributed by atoms with van der Waals surface area (Å²) in [4.78, 5) is 29.1. The van der Waals surface area contributed by atoms with Gasteiger partial charge < -0.3 is 0 Å². The lowest BCUT2D eigenvalue weighted by molar-refractivity contribution is -0.384. The number of non-ortho nitro benzene ring substituents is 1. The van der Waals surface area contributed by atoms with Crippen LogP contribution in [0.2, 0.25) is 0 Å². The van der Waals surface area contributed by atoms with E-state index in [2.05, 4.69) is 0 Å². The van der Waals surface area contributed by atoms with E-state index in [4.69, 9.17) is 9.05 Å². The number of benzene rings is 1. The molecule has 1 aliphatic rings. The zero-order valence-corrected chi connectivity index (χ0v) is 11.4. The molecule has 7 nitrogen and oxygen atoms in total. The number of nitro benzene ring substituents is 1. The quantitative estimate of drug-likeness (QED) is 0.492. The number of nitro groups is 1. The first-order valence-corrected chi connectivity index (χ1v) is 7.16. The van der Waals surface area contributed by atoms with Crippen LogP contribution in [0, 0.1) is 15.5 Å². The molecular formula is C11H15NO6P+. The largest absolute Gasteiger partial charge is 0.570 e. The normalized spacial score (nSPS) is 24.9. The lowest BCUT2D eigenvalue weighted by Gasteiger charge is -2.36. The molecule has 0 amide bonds. The van der Waals surface area contributed by atoms with E-state index in [0.717, 1.165) is 0 Å². The highest BCUT2D eigenvalue weighted by Gasteiger charge is 2.54. The van der Waals surface area contributed by atoms with E-state index in [-0.39, 0.29) is 12.3 Å². The van der Waals surface area contributed by atoms with Crippen LogP contribution in [0.25, 0.3) is 0 Å². The van der Waals surface area contributed by atoms with E-state index in [1.165, 1.54) is 12.1 Å². The molecule has 2 N–H and O–H groups in total. The maximum atomic E-state index is 10.6. The average Bonchev–Trinajstić information content (AvgIpc) is 2.33. The molecule has 0 bridgehead atoms. The molecule has 0 aliphatic carbocycles. The van der Waals surface area contributed by atoms with Gasteiger partial charge in [0.05, 0.1) is 4.92 Å². The molecule has 1 saturated heterocycles. The van der Waals surface area contributed by atoms with Crippen LogP contribution in [0.4, 0.5) is 5.69 Å². The van der Waals surface area contributed by atoms with Gasteiger partial charge in [-0.1, -0.05) is 13.8 Å². The Morgan fingerprint density at radius 1 is 1.37 bits per heavy atom. The zero-order chi connectivity index (χ0) is 14.3. The van der Waals surface area contributed by atoms with Crippen molar-refractivity contribution in [3.63, 3.8) is 0 Å². The van der Waals surface area contributed by atoms with E-state index in [0.29, 0.717) is 5.56 Å². The van der Waals surface area contributed by atoms with Crippen LogP contribution in [-0.4, -0.2) is 21.3 Å². The van der Waals surface area contributed by atoms with Gasteiger partial charge >= 0.3 is 8.17 Å². The van der Waals surface area contributed by atoms with Gasteiger partial charge in [0.1, 0.15) is 12.7 Å². The van der Waals surface area contributed by atoms with Crippen molar-refractivity contribution in [2.75, 3.05) is 6.61 Å². The lowest BCUT2D eigenvalue weighted by Crippen LogP contribution is -2.34. The summed E-state index contributed by atoms with van der Waals surface area (Å²) in [7, 11) is -3.80. The second kappa shape index (κ2) is 4.77. The summed E-state index contributed by atoms with van der Waals surface area (Å²) in [6, 6.07) is 5.82. The Morgan fingerprint density at radius 3 is 2.47 bits per heavy atom. The Morgan fingerprint density at radius 2 is 1.95 bits per heavy atom. The molecule has 2 rings (SSSR count). The minimum absolute atomic E-state index is 0.0253. The lowest BCUT2D eigenvalue weighted by atomic mass is 9.83. The molecule has 1 aliphatic heterocycles. The Bertz CT molecular complexity index is 486. The van der Waals surface area contributed by atoms with Crippen molar-refractivity contribution in [2.24, 2.45) is 5.41 Å². The van der Waals surface area contributed by atoms with Gasteiger partial charge in [0, 0.05) is 17.5 Å². The molecule has 1 aromatic rings. The standard InChI is InChI=1S/C11H15NO6P/c1-11(2)7-17-19(15,16)18-10(11)8-3-5-9(6-4-8)12(13)14/h3-6,10,15-16H,7H2,1-2H3/q+1. The molecule has 0 saturated carbocycles. The summed E-state index contributed by atoms with van der Waals surface area (Å²) >= 11 is 0. The Labute approximate surface area is 110 Å². The van der Waals surface area contributed by atoms with E-state index in [1.54, 1.807) is 12.1 Å². The SMILES string of the molecule is CC1(C)CO[P+](O)(O)OC1c1ccc([N+](=O)[O-])cc1. The zero-order valence-electron chi connectivity index (χ0n) is 10.5. The monoisotopic (exact) mass is 288 g/mol. The van der Waals surface area contributed by atoms with Gasteiger partial charge in [0.15, 0.2) is 0 Å². The van der Waals surface area contributed by atoms with Crippen molar-refractivity contribution in [1.82, 2.24) is 0 Å². The average molecular weight is 288 g/mol. The molecule has 8 heteroatoms. The third-order valence-electron chi connectivity index (χ3n) is 2.96. The number of nitrogens with zero attached hydrogens (tertiary/aromatic N) is 1. The van der Waals surface area contributed by atoms with Crippen LogP contribution in [0.1, 0.15) is 25.5 Å². The van der Waals surface area contributed by atoms with E-state index in [1.807, 2.05) is 13.8 Å². The van der Waals surface area contributed by atoms with Crippen LogP contribution in [0.3, 0.4) is 0 Å². The van der Waals surface area contributed by atoms with Crippen LogP contribution in [0.5, 0.6) is 0 Å². The molecule has 1 aromatic carbocycles. The van der Waals surface area contributed by atoms with Gasteiger partial charge in [0.25, 0.3) is 5.69 Å². The van der Waals surface area contributed by atoms with Gasteiger partial charge in [-0.2, -0.15) is 14.3 Å². The number of rotatable bonds is 2. The molecule has 0 radical (unpaired) electrons. The molecule has 104 valence electrons. The van der Waals surface area contributed by atoms with E-state index >= 15 is 0 Å². The summed E-state index contributed by atoms with van der Waals surface area (Å²) in [6.07, 6.45) is -0.592. The highest BCUT2D eigenvalue weighted by molar-refractivity contribution is 7.54. The fourth-order valence-corrected chi connectivity index (χ4v) is 3.16. The Balaban J connectivity index is 2.30. The van der Waals surface area contributed by atoms with Gasteiger partial charge in [-0.25, -0.2) is 0 Å². The summed E-state index contributed by atoms with van der Waals surface area (Å²) in [6.45, 7) is 3.85. The first-order chi connectivity index (χ1) is 8.71. The smallest absolute Gasteiger partial charge is 0.258 e. The first-order valence-electron chi connectivity index (χ1n) is 5.63. The minimum atomic E-state index is -3.80. The van der Waals surface area contributed by atoms with Crippen LogP contribution < -0.4 is 0 Å². The summed E-state index contributed by atoms with van der Waals surface area (Å²) in [5.74, 6) is 0. The molecule has 1 fully saturated rings.